The standard InChI is InChI=1S/C10H12N4/c11-7-10(14-6-5-13-8-14)9-1-3-12-4-2-9/h1-6,8,10H,7,11H2. The molecule has 2 heterocycles. The molecule has 2 aromatic rings. The minimum absolute atomic E-state index is 0.153. The van der Waals surface area contributed by atoms with Crippen LogP contribution in [0.3, 0.4) is 0 Å². The van der Waals surface area contributed by atoms with Gasteiger partial charge < -0.3 is 10.3 Å². The average molecular weight is 188 g/mol. The first-order chi connectivity index (χ1) is 6.92. The first-order valence-corrected chi connectivity index (χ1v) is 4.49. The van der Waals surface area contributed by atoms with E-state index >= 15 is 0 Å². The van der Waals surface area contributed by atoms with Crippen molar-refractivity contribution >= 4 is 0 Å². The summed E-state index contributed by atoms with van der Waals surface area (Å²) in [6.07, 6.45) is 8.99. The second-order valence-electron chi connectivity index (χ2n) is 3.04. The number of nitrogens with zero attached hydrogens (tertiary/aromatic N) is 3. The zero-order chi connectivity index (χ0) is 9.80. The third kappa shape index (κ3) is 1.65. The van der Waals surface area contributed by atoms with Crippen molar-refractivity contribution in [3.63, 3.8) is 0 Å². The first-order valence-electron chi connectivity index (χ1n) is 4.49. The van der Waals surface area contributed by atoms with Gasteiger partial charge in [-0.2, -0.15) is 0 Å². The van der Waals surface area contributed by atoms with Gasteiger partial charge in [0.1, 0.15) is 0 Å². The summed E-state index contributed by atoms with van der Waals surface area (Å²) in [5, 5.41) is 0. The summed E-state index contributed by atoms with van der Waals surface area (Å²) in [5.41, 5.74) is 6.88. The minimum Gasteiger partial charge on any atom is -0.329 e. The van der Waals surface area contributed by atoms with Gasteiger partial charge in [0.2, 0.25) is 0 Å². The highest BCUT2D eigenvalue weighted by Gasteiger charge is 2.09. The summed E-state index contributed by atoms with van der Waals surface area (Å²) in [4.78, 5) is 7.99. The third-order valence-electron chi connectivity index (χ3n) is 2.20. The number of nitrogens with two attached hydrogens (primary N) is 1. The Kier molecular flexibility index (Phi) is 2.55. The van der Waals surface area contributed by atoms with Crippen LogP contribution in [0.2, 0.25) is 0 Å². The van der Waals surface area contributed by atoms with E-state index in [1.807, 2.05) is 22.9 Å². The summed E-state index contributed by atoms with van der Waals surface area (Å²) in [5.74, 6) is 0. The van der Waals surface area contributed by atoms with E-state index in [9.17, 15) is 0 Å². The molecule has 4 heteroatoms. The van der Waals surface area contributed by atoms with Gasteiger partial charge in [-0.3, -0.25) is 4.98 Å². The van der Waals surface area contributed by atoms with E-state index in [1.54, 1.807) is 24.9 Å². The lowest BCUT2D eigenvalue weighted by Crippen LogP contribution is -2.19. The fourth-order valence-electron chi connectivity index (χ4n) is 1.47. The Balaban J connectivity index is 2.31. The monoisotopic (exact) mass is 188 g/mol. The first kappa shape index (κ1) is 8.90. The second kappa shape index (κ2) is 4.02. The average Bonchev–Trinajstić information content (AvgIpc) is 2.74. The summed E-state index contributed by atoms with van der Waals surface area (Å²) in [6.45, 7) is 0.556. The van der Waals surface area contributed by atoms with Crippen LogP contribution in [0.1, 0.15) is 11.6 Å². The predicted molar refractivity (Wildman–Crippen MR) is 53.7 cm³/mol. The molecule has 0 fully saturated rings. The molecule has 1 unspecified atom stereocenters. The van der Waals surface area contributed by atoms with Crippen LogP contribution in [0, 0.1) is 0 Å². The SMILES string of the molecule is NCC(c1ccncc1)n1ccnc1. The lowest BCUT2D eigenvalue weighted by molar-refractivity contribution is 0.593. The molecule has 2 rings (SSSR count). The molecule has 0 bridgehead atoms. The molecular formula is C10H12N4. The maximum atomic E-state index is 5.73. The van der Waals surface area contributed by atoms with Crippen molar-refractivity contribution in [1.82, 2.24) is 14.5 Å². The van der Waals surface area contributed by atoms with Gasteiger partial charge in [-0.25, -0.2) is 4.98 Å². The molecule has 0 amide bonds. The van der Waals surface area contributed by atoms with Crippen molar-refractivity contribution in [2.75, 3.05) is 6.54 Å². The maximum absolute atomic E-state index is 5.73. The molecule has 72 valence electrons. The highest BCUT2D eigenvalue weighted by molar-refractivity contribution is 5.16. The normalized spacial score (nSPS) is 12.6. The van der Waals surface area contributed by atoms with Gasteiger partial charge in [0.05, 0.1) is 12.4 Å². The molecule has 0 saturated carbocycles. The molecule has 0 spiro atoms. The Morgan fingerprint density at radius 1 is 1.21 bits per heavy atom. The van der Waals surface area contributed by atoms with Crippen molar-refractivity contribution in [1.29, 1.82) is 0 Å². The molecule has 0 aliphatic carbocycles. The molecule has 14 heavy (non-hydrogen) atoms. The zero-order valence-electron chi connectivity index (χ0n) is 7.74. The highest BCUT2D eigenvalue weighted by atomic mass is 15.1. The molecule has 2 N–H and O–H groups in total. The Hall–Kier alpha value is -1.68. The van der Waals surface area contributed by atoms with Gasteiger partial charge >= 0.3 is 0 Å². The van der Waals surface area contributed by atoms with E-state index in [1.165, 1.54) is 0 Å². The van der Waals surface area contributed by atoms with Crippen LogP contribution in [-0.4, -0.2) is 21.1 Å². The van der Waals surface area contributed by atoms with Gasteiger partial charge in [-0.05, 0) is 17.7 Å². The van der Waals surface area contributed by atoms with Crippen LogP contribution in [0.25, 0.3) is 0 Å². The number of pyridine rings is 1. The molecule has 2 aromatic heterocycles. The van der Waals surface area contributed by atoms with E-state index in [0.29, 0.717) is 6.54 Å². The highest BCUT2D eigenvalue weighted by Crippen LogP contribution is 2.15. The van der Waals surface area contributed by atoms with E-state index < -0.39 is 0 Å². The van der Waals surface area contributed by atoms with Gasteiger partial charge in [0.25, 0.3) is 0 Å². The van der Waals surface area contributed by atoms with Crippen LogP contribution in [0.15, 0.2) is 43.2 Å². The molecular weight excluding hydrogens is 176 g/mol. The van der Waals surface area contributed by atoms with E-state index in [4.69, 9.17) is 5.73 Å². The van der Waals surface area contributed by atoms with E-state index in [2.05, 4.69) is 9.97 Å². The largest absolute Gasteiger partial charge is 0.329 e. The molecule has 0 aliphatic heterocycles. The molecule has 1 atom stereocenters. The van der Waals surface area contributed by atoms with Gasteiger partial charge in [0.15, 0.2) is 0 Å². The molecule has 0 aliphatic rings. The number of aromatic nitrogens is 3. The molecule has 0 aromatic carbocycles. The lowest BCUT2D eigenvalue weighted by atomic mass is 10.1. The number of hydrogen-bond donors (Lipinski definition) is 1. The second-order valence-corrected chi connectivity index (χ2v) is 3.04. The number of imidazole rings is 1. The van der Waals surface area contributed by atoms with Crippen LogP contribution in [-0.2, 0) is 0 Å². The Labute approximate surface area is 82.4 Å². The third-order valence-corrected chi connectivity index (χ3v) is 2.20. The molecule has 4 nitrogen and oxygen atoms in total. The quantitative estimate of drug-likeness (QED) is 0.776. The Morgan fingerprint density at radius 2 is 2.00 bits per heavy atom. The predicted octanol–water partition coefficient (Wildman–Crippen LogP) is 0.826. The zero-order valence-corrected chi connectivity index (χ0v) is 7.74. The van der Waals surface area contributed by atoms with Crippen molar-refractivity contribution in [2.24, 2.45) is 5.73 Å². The van der Waals surface area contributed by atoms with Crippen molar-refractivity contribution in [2.45, 2.75) is 6.04 Å². The fourth-order valence-corrected chi connectivity index (χ4v) is 1.47. The van der Waals surface area contributed by atoms with Gasteiger partial charge in [-0.1, -0.05) is 0 Å². The van der Waals surface area contributed by atoms with Crippen molar-refractivity contribution in [3.8, 4) is 0 Å². The van der Waals surface area contributed by atoms with E-state index in [0.717, 1.165) is 5.56 Å². The van der Waals surface area contributed by atoms with Crippen LogP contribution < -0.4 is 5.73 Å². The van der Waals surface area contributed by atoms with Crippen molar-refractivity contribution < 1.29 is 0 Å². The summed E-state index contributed by atoms with van der Waals surface area (Å²) in [6, 6.07) is 4.09. The Morgan fingerprint density at radius 3 is 2.57 bits per heavy atom. The number of hydrogen-bond acceptors (Lipinski definition) is 3. The lowest BCUT2D eigenvalue weighted by Gasteiger charge is -2.16. The van der Waals surface area contributed by atoms with E-state index in [-0.39, 0.29) is 6.04 Å². The maximum Gasteiger partial charge on any atom is 0.0952 e. The fraction of sp³-hybridized carbons (Fsp3) is 0.200. The smallest absolute Gasteiger partial charge is 0.0952 e. The van der Waals surface area contributed by atoms with Gasteiger partial charge in [0, 0.05) is 31.3 Å². The summed E-state index contributed by atoms with van der Waals surface area (Å²) in [7, 11) is 0. The van der Waals surface area contributed by atoms with Gasteiger partial charge in [-0.15, -0.1) is 0 Å². The molecule has 0 saturated heterocycles. The minimum atomic E-state index is 0.153. The van der Waals surface area contributed by atoms with Crippen molar-refractivity contribution in [3.05, 3.63) is 48.8 Å². The van der Waals surface area contributed by atoms with Crippen LogP contribution >= 0.6 is 0 Å². The Bertz CT molecular complexity index is 368. The summed E-state index contributed by atoms with van der Waals surface area (Å²) >= 11 is 0. The topological polar surface area (TPSA) is 56.7 Å². The molecule has 0 radical (unpaired) electrons. The van der Waals surface area contributed by atoms with Crippen LogP contribution in [0.4, 0.5) is 0 Å². The number of rotatable bonds is 3. The summed E-state index contributed by atoms with van der Waals surface area (Å²) < 4.78 is 2.00. The van der Waals surface area contributed by atoms with Crippen LogP contribution in [0.5, 0.6) is 0 Å².